The van der Waals surface area contributed by atoms with Crippen LogP contribution >= 0.6 is 11.6 Å². The van der Waals surface area contributed by atoms with Crippen LogP contribution in [0, 0.1) is 0 Å². The smallest absolute Gasteiger partial charge is 0.265 e. The van der Waals surface area contributed by atoms with Gasteiger partial charge in [0.2, 0.25) is 0 Å². The van der Waals surface area contributed by atoms with E-state index in [0.29, 0.717) is 10.8 Å². The fourth-order valence-electron chi connectivity index (χ4n) is 1.56. The summed E-state index contributed by atoms with van der Waals surface area (Å²) in [5.74, 6) is 0.370. The highest BCUT2D eigenvalue weighted by Gasteiger charge is 2.14. The SMILES string of the molecule is C[C@@H](Oc1cccc(Cl)c1)C(=O)Nc1ccccc1. The van der Waals surface area contributed by atoms with Crippen LogP contribution in [0.3, 0.4) is 0 Å². The number of carbonyl (C=O) groups is 1. The highest BCUT2D eigenvalue weighted by molar-refractivity contribution is 6.30. The van der Waals surface area contributed by atoms with Crippen LogP contribution < -0.4 is 10.1 Å². The molecule has 1 N–H and O–H groups in total. The van der Waals surface area contributed by atoms with Crippen molar-refractivity contribution in [2.75, 3.05) is 5.32 Å². The molecule has 0 bridgehead atoms. The van der Waals surface area contributed by atoms with Crippen LogP contribution in [-0.2, 0) is 4.79 Å². The highest BCUT2D eigenvalue weighted by Crippen LogP contribution is 2.18. The molecule has 4 heteroatoms. The molecule has 0 saturated heterocycles. The maximum absolute atomic E-state index is 11.9. The Morgan fingerprint density at radius 2 is 1.89 bits per heavy atom. The molecular formula is C15H14ClNO2. The zero-order valence-electron chi connectivity index (χ0n) is 10.5. The minimum absolute atomic E-state index is 0.203. The van der Waals surface area contributed by atoms with Crippen molar-refractivity contribution in [3.8, 4) is 5.75 Å². The van der Waals surface area contributed by atoms with E-state index in [1.807, 2.05) is 30.3 Å². The molecule has 0 fully saturated rings. The van der Waals surface area contributed by atoms with Crippen molar-refractivity contribution in [3.63, 3.8) is 0 Å². The second-order valence-electron chi connectivity index (χ2n) is 4.07. The lowest BCUT2D eigenvalue weighted by molar-refractivity contribution is -0.122. The Morgan fingerprint density at radius 1 is 1.16 bits per heavy atom. The summed E-state index contributed by atoms with van der Waals surface area (Å²) in [5, 5.41) is 3.36. The molecule has 0 spiro atoms. The van der Waals surface area contributed by atoms with Gasteiger partial charge in [0.05, 0.1) is 0 Å². The number of rotatable bonds is 4. The van der Waals surface area contributed by atoms with Gasteiger partial charge in [0.1, 0.15) is 5.75 Å². The Hall–Kier alpha value is -2.00. The van der Waals surface area contributed by atoms with Gasteiger partial charge in [0.25, 0.3) is 5.91 Å². The van der Waals surface area contributed by atoms with E-state index in [-0.39, 0.29) is 5.91 Å². The second kappa shape index (κ2) is 6.25. The Kier molecular flexibility index (Phi) is 4.42. The van der Waals surface area contributed by atoms with Crippen LogP contribution in [0.5, 0.6) is 5.75 Å². The van der Waals surface area contributed by atoms with Crippen LogP contribution in [-0.4, -0.2) is 12.0 Å². The van der Waals surface area contributed by atoms with Gasteiger partial charge < -0.3 is 10.1 Å². The highest BCUT2D eigenvalue weighted by atomic mass is 35.5. The van der Waals surface area contributed by atoms with E-state index in [4.69, 9.17) is 16.3 Å². The molecule has 3 nitrogen and oxygen atoms in total. The van der Waals surface area contributed by atoms with Crippen molar-refractivity contribution < 1.29 is 9.53 Å². The molecule has 0 unspecified atom stereocenters. The monoisotopic (exact) mass is 275 g/mol. The molecule has 1 atom stereocenters. The van der Waals surface area contributed by atoms with Gasteiger partial charge in [-0.05, 0) is 37.3 Å². The lowest BCUT2D eigenvalue weighted by Crippen LogP contribution is -2.30. The summed E-state index contributed by atoms with van der Waals surface area (Å²) in [5.41, 5.74) is 0.744. The first-order chi connectivity index (χ1) is 9.15. The molecule has 98 valence electrons. The molecule has 0 radical (unpaired) electrons. The van der Waals surface area contributed by atoms with Gasteiger partial charge in [-0.15, -0.1) is 0 Å². The van der Waals surface area contributed by atoms with Gasteiger partial charge in [-0.3, -0.25) is 4.79 Å². The molecule has 0 aliphatic heterocycles. The number of para-hydroxylation sites is 1. The number of ether oxygens (including phenoxy) is 1. The molecular weight excluding hydrogens is 262 g/mol. The zero-order valence-corrected chi connectivity index (χ0v) is 11.2. The third-order valence-electron chi connectivity index (χ3n) is 2.52. The van der Waals surface area contributed by atoms with Crippen molar-refractivity contribution in [1.82, 2.24) is 0 Å². The van der Waals surface area contributed by atoms with Crippen molar-refractivity contribution in [3.05, 3.63) is 59.6 Å². The van der Waals surface area contributed by atoms with E-state index < -0.39 is 6.10 Å². The summed E-state index contributed by atoms with van der Waals surface area (Å²) < 4.78 is 5.53. The molecule has 0 aliphatic carbocycles. The fourth-order valence-corrected chi connectivity index (χ4v) is 1.74. The molecule has 0 saturated carbocycles. The van der Waals surface area contributed by atoms with Crippen LogP contribution in [0.1, 0.15) is 6.92 Å². The predicted molar refractivity (Wildman–Crippen MR) is 76.6 cm³/mol. The van der Waals surface area contributed by atoms with E-state index in [9.17, 15) is 4.79 Å². The molecule has 0 aromatic heterocycles. The number of amides is 1. The summed E-state index contributed by atoms with van der Waals surface area (Å²) in [6.07, 6.45) is -0.598. The van der Waals surface area contributed by atoms with E-state index in [1.165, 1.54) is 0 Å². The molecule has 2 aromatic rings. The normalized spacial score (nSPS) is 11.7. The number of halogens is 1. The van der Waals surface area contributed by atoms with Gasteiger partial charge in [0, 0.05) is 10.7 Å². The average Bonchev–Trinajstić information content (AvgIpc) is 2.40. The Morgan fingerprint density at radius 3 is 2.58 bits per heavy atom. The summed E-state index contributed by atoms with van der Waals surface area (Å²) >= 11 is 5.86. The van der Waals surface area contributed by atoms with Gasteiger partial charge in [-0.25, -0.2) is 0 Å². The Bertz CT molecular complexity index is 557. The second-order valence-corrected chi connectivity index (χ2v) is 4.51. The van der Waals surface area contributed by atoms with Gasteiger partial charge in [-0.1, -0.05) is 35.9 Å². The number of anilines is 1. The van der Waals surface area contributed by atoms with Gasteiger partial charge in [-0.2, -0.15) is 0 Å². The summed E-state index contributed by atoms with van der Waals surface area (Å²) in [7, 11) is 0. The molecule has 19 heavy (non-hydrogen) atoms. The molecule has 0 aliphatic rings. The maximum atomic E-state index is 11.9. The summed E-state index contributed by atoms with van der Waals surface area (Å²) in [6, 6.07) is 16.2. The molecule has 2 aromatic carbocycles. The largest absolute Gasteiger partial charge is 0.481 e. The third kappa shape index (κ3) is 4.00. The number of hydrogen-bond acceptors (Lipinski definition) is 2. The lowest BCUT2D eigenvalue weighted by Gasteiger charge is -2.14. The van der Waals surface area contributed by atoms with E-state index in [2.05, 4.69) is 5.32 Å². The fraction of sp³-hybridized carbons (Fsp3) is 0.133. The first-order valence-electron chi connectivity index (χ1n) is 5.93. The standard InChI is InChI=1S/C15H14ClNO2/c1-11(19-14-9-5-6-12(16)10-14)15(18)17-13-7-3-2-4-8-13/h2-11H,1H3,(H,17,18)/t11-/m1/s1. The molecule has 2 rings (SSSR count). The topological polar surface area (TPSA) is 38.3 Å². The van der Waals surface area contributed by atoms with E-state index >= 15 is 0 Å². The number of nitrogens with one attached hydrogen (secondary N) is 1. The predicted octanol–water partition coefficient (Wildman–Crippen LogP) is 3.75. The minimum Gasteiger partial charge on any atom is -0.481 e. The van der Waals surface area contributed by atoms with Gasteiger partial charge in [0.15, 0.2) is 6.10 Å². The van der Waals surface area contributed by atoms with Crippen LogP contribution in [0.15, 0.2) is 54.6 Å². The number of hydrogen-bond donors (Lipinski definition) is 1. The Labute approximate surface area is 117 Å². The van der Waals surface area contributed by atoms with Crippen molar-refractivity contribution in [1.29, 1.82) is 0 Å². The van der Waals surface area contributed by atoms with Crippen LogP contribution in [0.4, 0.5) is 5.69 Å². The van der Waals surface area contributed by atoms with Crippen LogP contribution in [0.25, 0.3) is 0 Å². The number of benzene rings is 2. The summed E-state index contributed by atoms with van der Waals surface area (Å²) in [6.45, 7) is 1.69. The average molecular weight is 276 g/mol. The first-order valence-corrected chi connectivity index (χ1v) is 6.31. The van der Waals surface area contributed by atoms with E-state index in [0.717, 1.165) is 5.69 Å². The Balaban J connectivity index is 1.96. The molecule has 1 amide bonds. The molecule has 0 heterocycles. The van der Waals surface area contributed by atoms with Crippen molar-refractivity contribution in [2.45, 2.75) is 13.0 Å². The van der Waals surface area contributed by atoms with E-state index in [1.54, 1.807) is 31.2 Å². The van der Waals surface area contributed by atoms with Crippen LogP contribution in [0.2, 0.25) is 5.02 Å². The third-order valence-corrected chi connectivity index (χ3v) is 2.75. The quantitative estimate of drug-likeness (QED) is 0.923. The van der Waals surface area contributed by atoms with Crippen molar-refractivity contribution in [2.24, 2.45) is 0 Å². The first kappa shape index (κ1) is 13.4. The minimum atomic E-state index is -0.598. The summed E-state index contributed by atoms with van der Waals surface area (Å²) in [4.78, 5) is 11.9. The van der Waals surface area contributed by atoms with Gasteiger partial charge >= 0.3 is 0 Å². The maximum Gasteiger partial charge on any atom is 0.265 e. The zero-order chi connectivity index (χ0) is 13.7. The number of carbonyl (C=O) groups excluding carboxylic acids is 1. The van der Waals surface area contributed by atoms with Crippen molar-refractivity contribution >= 4 is 23.2 Å². The lowest BCUT2D eigenvalue weighted by atomic mass is 10.3.